The number of esters is 1. The van der Waals surface area contributed by atoms with Crippen molar-refractivity contribution in [3.63, 3.8) is 0 Å². The minimum Gasteiger partial charge on any atom is -0.497 e. The molecular weight excluding hydrogens is 452 g/mol. The first-order valence-corrected chi connectivity index (χ1v) is 11.3. The van der Waals surface area contributed by atoms with E-state index in [0.717, 1.165) is 11.3 Å². The van der Waals surface area contributed by atoms with Crippen molar-refractivity contribution in [2.75, 3.05) is 25.3 Å². The van der Waals surface area contributed by atoms with Gasteiger partial charge in [-0.3, -0.25) is 9.36 Å². The van der Waals surface area contributed by atoms with Crippen LogP contribution in [0.1, 0.15) is 10.4 Å². The summed E-state index contributed by atoms with van der Waals surface area (Å²) >= 11 is 1.25. The van der Waals surface area contributed by atoms with Crippen molar-refractivity contribution in [1.29, 1.82) is 0 Å². The van der Waals surface area contributed by atoms with Gasteiger partial charge in [0.25, 0.3) is 0 Å². The Labute approximate surface area is 200 Å². The Balaban J connectivity index is 1.56. The number of anilines is 1. The Hall–Kier alpha value is -4.11. The van der Waals surface area contributed by atoms with Crippen LogP contribution in [0.5, 0.6) is 5.75 Å². The molecule has 1 N–H and O–H groups in total. The average Bonchev–Trinajstić information content (AvgIpc) is 3.32. The topological polar surface area (TPSA) is 95.3 Å². The van der Waals surface area contributed by atoms with Crippen LogP contribution in [-0.2, 0) is 9.53 Å². The van der Waals surface area contributed by atoms with E-state index < -0.39 is 5.97 Å². The Morgan fingerprint density at radius 3 is 2.32 bits per heavy atom. The zero-order valence-corrected chi connectivity index (χ0v) is 19.4. The number of hydrogen-bond donors (Lipinski definition) is 1. The molecular formula is C25H22N4O4S. The summed E-state index contributed by atoms with van der Waals surface area (Å²) in [6.45, 7) is 0. The van der Waals surface area contributed by atoms with E-state index >= 15 is 0 Å². The molecule has 1 heterocycles. The third kappa shape index (κ3) is 5.10. The fourth-order valence-corrected chi connectivity index (χ4v) is 4.05. The van der Waals surface area contributed by atoms with E-state index in [1.54, 1.807) is 12.1 Å². The maximum Gasteiger partial charge on any atom is 0.340 e. The maximum absolute atomic E-state index is 12.8. The molecule has 1 amide bonds. The highest BCUT2D eigenvalue weighted by Crippen LogP contribution is 2.28. The minimum absolute atomic E-state index is 0.0619. The number of thioether (sulfide) groups is 1. The van der Waals surface area contributed by atoms with E-state index in [2.05, 4.69) is 15.5 Å². The highest BCUT2D eigenvalue weighted by atomic mass is 32.2. The first-order valence-electron chi connectivity index (χ1n) is 10.4. The van der Waals surface area contributed by atoms with Crippen molar-refractivity contribution in [2.45, 2.75) is 5.16 Å². The number of hydrogen-bond acceptors (Lipinski definition) is 7. The summed E-state index contributed by atoms with van der Waals surface area (Å²) in [5, 5.41) is 12.1. The number of rotatable bonds is 8. The molecule has 9 heteroatoms. The van der Waals surface area contributed by atoms with Crippen LogP contribution in [0, 0.1) is 0 Å². The van der Waals surface area contributed by atoms with Crippen molar-refractivity contribution in [1.82, 2.24) is 14.8 Å². The van der Waals surface area contributed by atoms with Crippen LogP contribution in [0.15, 0.2) is 84.0 Å². The zero-order chi connectivity index (χ0) is 23.9. The van der Waals surface area contributed by atoms with Crippen molar-refractivity contribution < 1.29 is 19.1 Å². The van der Waals surface area contributed by atoms with Crippen molar-refractivity contribution in [3.8, 4) is 22.8 Å². The van der Waals surface area contributed by atoms with Gasteiger partial charge in [0.15, 0.2) is 11.0 Å². The standard InChI is InChI=1S/C25H22N4O4S/c1-32-19-13-14-21(20(15-19)24(31)33-2)26-22(30)16-34-25-28-27-23(17-9-5-3-6-10-17)29(25)18-11-7-4-8-12-18/h3-15H,16H2,1-2H3,(H,26,30). The second kappa shape index (κ2) is 10.7. The molecule has 4 aromatic rings. The minimum atomic E-state index is -0.571. The van der Waals surface area contributed by atoms with Crippen LogP contribution in [0.25, 0.3) is 17.1 Å². The lowest BCUT2D eigenvalue weighted by Gasteiger charge is -2.12. The van der Waals surface area contributed by atoms with E-state index in [1.165, 1.54) is 32.0 Å². The molecule has 4 rings (SSSR count). The molecule has 0 radical (unpaired) electrons. The molecule has 3 aromatic carbocycles. The summed E-state index contributed by atoms with van der Waals surface area (Å²) in [7, 11) is 2.78. The van der Waals surface area contributed by atoms with Crippen LogP contribution >= 0.6 is 11.8 Å². The number of nitrogens with one attached hydrogen (secondary N) is 1. The van der Waals surface area contributed by atoms with Crippen LogP contribution in [0.4, 0.5) is 5.69 Å². The Morgan fingerprint density at radius 2 is 1.65 bits per heavy atom. The Bertz CT molecular complexity index is 1290. The molecule has 0 aliphatic rings. The quantitative estimate of drug-likeness (QED) is 0.298. The Kier molecular flexibility index (Phi) is 7.24. The lowest BCUT2D eigenvalue weighted by Crippen LogP contribution is -2.17. The molecule has 0 bridgehead atoms. The van der Waals surface area contributed by atoms with Gasteiger partial charge < -0.3 is 14.8 Å². The van der Waals surface area contributed by atoms with Gasteiger partial charge in [-0.1, -0.05) is 60.3 Å². The average molecular weight is 475 g/mol. The van der Waals surface area contributed by atoms with Gasteiger partial charge in [-0.25, -0.2) is 4.79 Å². The van der Waals surface area contributed by atoms with E-state index in [9.17, 15) is 9.59 Å². The fourth-order valence-electron chi connectivity index (χ4n) is 3.30. The first kappa shape index (κ1) is 23.1. The number of nitrogens with zero attached hydrogens (tertiary/aromatic N) is 3. The molecule has 0 aliphatic carbocycles. The lowest BCUT2D eigenvalue weighted by atomic mass is 10.1. The highest BCUT2D eigenvalue weighted by molar-refractivity contribution is 7.99. The summed E-state index contributed by atoms with van der Waals surface area (Å²) in [4.78, 5) is 24.9. The van der Waals surface area contributed by atoms with Crippen LogP contribution in [-0.4, -0.2) is 46.6 Å². The molecule has 0 saturated carbocycles. The van der Waals surface area contributed by atoms with Crippen LogP contribution in [0.2, 0.25) is 0 Å². The third-order valence-corrected chi connectivity index (χ3v) is 5.85. The van der Waals surface area contributed by atoms with Gasteiger partial charge in [-0.05, 0) is 30.3 Å². The fraction of sp³-hybridized carbons (Fsp3) is 0.120. The van der Waals surface area contributed by atoms with Gasteiger partial charge in [0.1, 0.15) is 5.75 Å². The monoisotopic (exact) mass is 474 g/mol. The molecule has 172 valence electrons. The van der Waals surface area contributed by atoms with Gasteiger partial charge in [0, 0.05) is 11.3 Å². The second-order valence-corrected chi connectivity index (χ2v) is 8.03. The molecule has 0 aliphatic heterocycles. The molecule has 0 fully saturated rings. The first-order chi connectivity index (χ1) is 16.6. The number of amides is 1. The molecule has 34 heavy (non-hydrogen) atoms. The lowest BCUT2D eigenvalue weighted by molar-refractivity contribution is -0.113. The van der Waals surface area contributed by atoms with Crippen molar-refractivity contribution in [2.24, 2.45) is 0 Å². The molecule has 0 atom stereocenters. The molecule has 0 saturated heterocycles. The highest BCUT2D eigenvalue weighted by Gasteiger charge is 2.19. The van der Waals surface area contributed by atoms with Gasteiger partial charge in [-0.15, -0.1) is 10.2 Å². The van der Waals surface area contributed by atoms with E-state index in [1.807, 2.05) is 65.2 Å². The summed E-state index contributed by atoms with van der Waals surface area (Å²) in [5.74, 6) is 0.351. The maximum atomic E-state index is 12.8. The molecule has 1 aromatic heterocycles. The zero-order valence-electron chi connectivity index (χ0n) is 18.6. The predicted octanol–water partition coefficient (Wildman–Crippen LogP) is 4.46. The number of benzene rings is 3. The van der Waals surface area contributed by atoms with Gasteiger partial charge >= 0.3 is 5.97 Å². The summed E-state index contributed by atoms with van der Waals surface area (Å²) in [6, 6.07) is 24.2. The smallest absolute Gasteiger partial charge is 0.340 e. The van der Waals surface area contributed by atoms with Crippen LogP contribution in [0.3, 0.4) is 0 Å². The number of aromatic nitrogens is 3. The molecule has 8 nitrogen and oxygen atoms in total. The van der Waals surface area contributed by atoms with Crippen LogP contribution < -0.4 is 10.1 Å². The Morgan fingerprint density at radius 1 is 0.941 bits per heavy atom. The molecule has 0 unspecified atom stereocenters. The number of carbonyl (C=O) groups excluding carboxylic acids is 2. The normalized spacial score (nSPS) is 10.5. The number of ether oxygens (including phenoxy) is 2. The van der Waals surface area contributed by atoms with E-state index in [-0.39, 0.29) is 17.2 Å². The summed E-state index contributed by atoms with van der Waals surface area (Å²) in [5.41, 5.74) is 2.35. The predicted molar refractivity (Wildman–Crippen MR) is 130 cm³/mol. The number of para-hydroxylation sites is 1. The second-order valence-electron chi connectivity index (χ2n) is 7.08. The number of carbonyl (C=O) groups is 2. The largest absolute Gasteiger partial charge is 0.497 e. The molecule has 0 spiro atoms. The third-order valence-electron chi connectivity index (χ3n) is 4.92. The summed E-state index contributed by atoms with van der Waals surface area (Å²) in [6.07, 6.45) is 0. The number of methoxy groups -OCH3 is 2. The summed E-state index contributed by atoms with van der Waals surface area (Å²) < 4.78 is 11.9. The van der Waals surface area contributed by atoms with E-state index in [0.29, 0.717) is 22.4 Å². The van der Waals surface area contributed by atoms with Gasteiger partial charge in [-0.2, -0.15) is 0 Å². The van der Waals surface area contributed by atoms with Crippen molar-refractivity contribution >= 4 is 29.3 Å². The SMILES string of the molecule is COC(=O)c1cc(OC)ccc1NC(=O)CSc1nnc(-c2ccccc2)n1-c1ccccc1. The van der Waals surface area contributed by atoms with Crippen molar-refractivity contribution in [3.05, 3.63) is 84.4 Å². The van der Waals surface area contributed by atoms with Gasteiger partial charge in [0.05, 0.1) is 31.2 Å². The van der Waals surface area contributed by atoms with E-state index in [4.69, 9.17) is 9.47 Å². The van der Waals surface area contributed by atoms with Gasteiger partial charge in [0.2, 0.25) is 5.91 Å².